The molecule has 0 aliphatic rings. The zero-order chi connectivity index (χ0) is 13.6. The van der Waals surface area contributed by atoms with Crippen molar-refractivity contribution in [3.05, 3.63) is 30.1 Å². The van der Waals surface area contributed by atoms with Crippen LogP contribution in [-0.4, -0.2) is 20.9 Å². The van der Waals surface area contributed by atoms with Gasteiger partial charge in [-0.25, -0.2) is 23.4 Å². The molecule has 18 heavy (non-hydrogen) atoms. The second kappa shape index (κ2) is 6.43. The van der Waals surface area contributed by atoms with E-state index in [1.54, 1.807) is 0 Å². The average molecular weight is 275 g/mol. The molecule has 0 heterocycles. The van der Waals surface area contributed by atoms with E-state index in [0.29, 0.717) is 6.42 Å². The van der Waals surface area contributed by atoms with Crippen molar-refractivity contribution in [2.75, 3.05) is 6.54 Å². The van der Waals surface area contributed by atoms with Gasteiger partial charge in [0.05, 0.1) is 4.90 Å². The van der Waals surface area contributed by atoms with Gasteiger partial charge in [0.25, 0.3) is 0 Å². The number of hydrogen-bond donors (Lipinski definition) is 3. The molecular formula is C10H14FN3O3S. The molecule has 1 aromatic carbocycles. The van der Waals surface area contributed by atoms with Crippen LogP contribution in [0.2, 0.25) is 0 Å². The molecule has 1 rings (SSSR count). The minimum atomic E-state index is -3.66. The molecule has 0 aliphatic carbocycles. The number of nitrogens with two attached hydrogens (primary N) is 1. The summed E-state index contributed by atoms with van der Waals surface area (Å²) >= 11 is 0. The van der Waals surface area contributed by atoms with Gasteiger partial charge >= 0.3 is 0 Å². The third-order valence-electron chi connectivity index (χ3n) is 2.16. The van der Waals surface area contributed by atoms with Crippen molar-refractivity contribution >= 4 is 15.9 Å². The van der Waals surface area contributed by atoms with Crippen LogP contribution in [0.15, 0.2) is 29.2 Å². The largest absolute Gasteiger partial charge is 0.294 e. The van der Waals surface area contributed by atoms with E-state index in [4.69, 9.17) is 5.84 Å². The first-order chi connectivity index (χ1) is 8.45. The molecule has 0 radical (unpaired) electrons. The van der Waals surface area contributed by atoms with E-state index in [2.05, 4.69) is 4.72 Å². The highest BCUT2D eigenvalue weighted by Gasteiger charge is 2.13. The molecule has 0 unspecified atom stereocenters. The molecule has 6 nitrogen and oxygen atoms in total. The number of carbonyl (C=O) groups is 1. The molecule has 0 saturated heterocycles. The van der Waals surface area contributed by atoms with Crippen molar-refractivity contribution in [1.82, 2.24) is 10.1 Å². The number of hydrazine groups is 1. The zero-order valence-electron chi connectivity index (χ0n) is 9.52. The van der Waals surface area contributed by atoms with Crippen LogP contribution >= 0.6 is 0 Å². The molecule has 0 atom stereocenters. The number of rotatable bonds is 6. The Balaban J connectivity index is 2.50. The summed E-state index contributed by atoms with van der Waals surface area (Å²) in [6, 6.07) is 4.47. The highest BCUT2D eigenvalue weighted by molar-refractivity contribution is 7.89. The summed E-state index contributed by atoms with van der Waals surface area (Å²) in [4.78, 5) is 10.8. The number of halogens is 1. The van der Waals surface area contributed by atoms with Gasteiger partial charge in [0.2, 0.25) is 15.9 Å². The summed E-state index contributed by atoms with van der Waals surface area (Å²) in [5, 5.41) is 0. The van der Waals surface area contributed by atoms with E-state index in [9.17, 15) is 17.6 Å². The summed E-state index contributed by atoms with van der Waals surface area (Å²) in [7, 11) is -3.66. The van der Waals surface area contributed by atoms with Crippen molar-refractivity contribution in [3.63, 3.8) is 0 Å². The molecule has 1 aromatic rings. The average Bonchev–Trinajstić information content (AvgIpc) is 2.35. The quantitative estimate of drug-likeness (QED) is 0.291. The molecule has 0 fully saturated rings. The smallest absolute Gasteiger partial charge is 0.240 e. The molecule has 0 saturated carbocycles. The molecule has 0 spiro atoms. The Morgan fingerprint density at radius 3 is 2.44 bits per heavy atom. The van der Waals surface area contributed by atoms with Gasteiger partial charge in [-0.2, -0.15) is 0 Å². The van der Waals surface area contributed by atoms with Crippen LogP contribution in [0.3, 0.4) is 0 Å². The number of carbonyl (C=O) groups excluding carboxylic acids is 1. The van der Waals surface area contributed by atoms with Gasteiger partial charge in [-0.3, -0.25) is 10.2 Å². The predicted molar refractivity (Wildman–Crippen MR) is 63.2 cm³/mol. The standard InChI is InChI=1S/C10H14FN3O3S/c11-8-3-5-9(6-4-8)18(16,17)13-7-1-2-10(15)14-12/h3-6,13H,1-2,7,12H2,(H,14,15). The Labute approximate surface area is 104 Å². The maximum atomic E-state index is 12.6. The lowest BCUT2D eigenvalue weighted by molar-refractivity contribution is -0.121. The minimum Gasteiger partial charge on any atom is -0.294 e. The van der Waals surface area contributed by atoms with E-state index in [0.717, 1.165) is 12.1 Å². The lowest BCUT2D eigenvalue weighted by atomic mass is 10.3. The molecule has 0 aliphatic heterocycles. The number of nitrogens with one attached hydrogen (secondary N) is 2. The number of amides is 1. The minimum absolute atomic E-state index is 0.0211. The van der Waals surface area contributed by atoms with Crippen molar-refractivity contribution in [2.24, 2.45) is 5.84 Å². The summed E-state index contributed by atoms with van der Waals surface area (Å²) < 4.78 is 38.3. The molecule has 100 valence electrons. The Hall–Kier alpha value is -1.51. The van der Waals surface area contributed by atoms with Gasteiger partial charge in [0, 0.05) is 13.0 Å². The third kappa shape index (κ3) is 4.40. The maximum absolute atomic E-state index is 12.6. The first kappa shape index (κ1) is 14.6. The monoisotopic (exact) mass is 275 g/mol. The number of hydrogen-bond acceptors (Lipinski definition) is 4. The van der Waals surface area contributed by atoms with Crippen LogP contribution in [0, 0.1) is 5.82 Å². The van der Waals surface area contributed by atoms with E-state index < -0.39 is 15.8 Å². The maximum Gasteiger partial charge on any atom is 0.240 e. The van der Waals surface area contributed by atoms with Gasteiger partial charge in [-0.15, -0.1) is 0 Å². The third-order valence-corrected chi connectivity index (χ3v) is 3.63. The lowest BCUT2D eigenvalue weighted by Crippen LogP contribution is -2.31. The summed E-state index contributed by atoms with van der Waals surface area (Å²) in [6.07, 6.45) is 0.450. The normalized spacial score (nSPS) is 11.2. The number of sulfonamides is 1. The Morgan fingerprint density at radius 2 is 1.89 bits per heavy atom. The van der Waals surface area contributed by atoms with Gasteiger partial charge in [0.15, 0.2) is 0 Å². The first-order valence-electron chi connectivity index (χ1n) is 5.20. The van der Waals surface area contributed by atoms with E-state index in [-0.39, 0.29) is 23.8 Å². The van der Waals surface area contributed by atoms with E-state index >= 15 is 0 Å². The van der Waals surface area contributed by atoms with E-state index in [1.807, 2.05) is 5.43 Å². The van der Waals surface area contributed by atoms with Crippen LogP contribution in [0.5, 0.6) is 0 Å². The van der Waals surface area contributed by atoms with Crippen LogP contribution in [-0.2, 0) is 14.8 Å². The van der Waals surface area contributed by atoms with Crippen LogP contribution in [0.4, 0.5) is 4.39 Å². The van der Waals surface area contributed by atoms with Crippen molar-refractivity contribution in [2.45, 2.75) is 17.7 Å². The first-order valence-corrected chi connectivity index (χ1v) is 6.69. The fourth-order valence-corrected chi connectivity index (χ4v) is 2.30. The van der Waals surface area contributed by atoms with Gasteiger partial charge in [-0.1, -0.05) is 0 Å². The highest BCUT2D eigenvalue weighted by atomic mass is 32.2. The second-order valence-corrected chi connectivity index (χ2v) is 5.29. The van der Waals surface area contributed by atoms with Crippen LogP contribution in [0.25, 0.3) is 0 Å². The van der Waals surface area contributed by atoms with Crippen molar-refractivity contribution in [3.8, 4) is 0 Å². The molecular weight excluding hydrogens is 261 g/mol. The van der Waals surface area contributed by atoms with Gasteiger partial charge in [0.1, 0.15) is 5.82 Å². The Morgan fingerprint density at radius 1 is 1.28 bits per heavy atom. The summed E-state index contributed by atoms with van der Waals surface area (Å²) in [5.74, 6) is 4.00. The topological polar surface area (TPSA) is 101 Å². The Kier molecular flexibility index (Phi) is 5.20. The summed E-state index contributed by atoms with van der Waals surface area (Å²) in [5.41, 5.74) is 1.94. The SMILES string of the molecule is NNC(=O)CCCNS(=O)(=O)c1ccc(F)cc1. The van der Waals surface area contributed by atoms with Crippen LogP contribution < -0.4 is 16.0 Å². The van der Waals surface area contributed by atoms with Crippen LogP contribution in [0.1, 0.15) is 12.8 Å². The number of benzene rings is 1. The molecule has 4 N–H and O–H groups in total. The molecule has 0 bridgehead atoms. The van der Waals surface area contributed by atoms with Gasteiger partial charge < -0.3 is 0 Å². The summed E-state index contributed by atoms with van der Waals surface area (Å²) in [6.45, 7) is 0.104. The lowest BCUT2D eigenvalue weighted by Gasteiger charge is -2.06. The molecule has 8 heteroatoms. The predicted octanol–water partition coefficient (Wildman–Crippen LogP) is -0.126. The van der Waals surface area contributed by atoms with E-state index in [1.165, 1.54) is 12.1 Å². The fraction of sp³-hybridized carbons (Fsp3) is 0.300. The zero-order valence-corrected chi connectivity index (χ0v) is 10.3. The molecule has 1 amide bonds. The van der Waals surface area contributed by atoms with Crippen molar-refractivity contribution in [1.29, 1.82) is 0 Å². The molecule has 0 aromatic heterocycles. The second-order valence-electron chi connectivity index (χ2n) is 3.52. The van der Waals surface area contributed by atoms with Crippen molar-refractivity contribution < 1.29 is 17.6 Å². The van der Waals surface area contributed by atoms with Gasteiger partial charge in [-0.05, 0) is 30.7 Å². The Bertz CT molecular complexity index is 502. The fourth-order valence-electron chi connectivity index (χ4n) is 1.22. The highest BCUT2D eigenvalue weighted by Crippen LogP contribution is 2.09.